The number of esters is 2. The molecule has 0 spiro atoms. The van der Waals surface area contributed by atoms with E-state index in [-0.39, 0.29) is 28.9 Å². The second-order valence-corrected chi connectivity index (χ2v) is 4.68. The highest BCUT2D eigenvalue weighted by molar-refractivity contribution is 5.83. The third-order valence-corrected chi connectivity index (χ3v) is 3.58. The Morgan fingerprint density at radius 3 is 2.19 bits per heavy atom. The monoisotopic (exact) mass is 355 g/mol. The number of hydrogen-bond donors (Lipinski definition) is 0. The Labute approximate surface area is 134 Å². The molecule has 6 heteroatoms. The van der Waals surface area contributed by atoms with Gasteiger partial charge < -0.3 is 26.5 Å². The third kappa shape index (κ3) is 3.91. The normalized spacial score (nSPS) is 20.8. The summed E-state index contributed by atoms with van der Waals surface area (Å²) >= 11 is 0. The fraction of sp³-hybridized carbons (Fsp3) is 0.400. The first-order valence-electron chi connectivity index (χ1n) is 6.48. The predicted octanol–water partition coefficient (Wildman–Crippen LogP) is -1.81. The topological polar surface area (TPSA) is 56.5 Å². The number of methoxy groups -OCH3 is 2. The van der Waals surface area contributed by atoms with Crippen LogP contribution in [0, 0.1) is 11.8 Å². The number of aromatic nitrogens is 1. The van der Waals surface area contributed by atoms with E-state index in [1.165, 1.54) is 14.2 Å². The van der Waals surface area contributed by atoms with Crippen molar-refractivity contribution < 1.29 is 40.6 Å². The zero-order valence-electron chi connectivity index (χ0n) is 12.0. The van der Waals surface area contributed by atoms with Crippen LogP contribution in [-0.4, -0.2) is 26.2 Å². The quantitative estimate of drug-likeness (QED) is 0.473. The molecule has 0 N–H and O–H groups in total. The molecule has 5 nitrogen and oxygen atoms in total. The van der Waals surface area contributed by atoms with Crippen LogP contribution in [0.2, 0.25) is 0 Å². The summed E-state index contributed by atoms with van der Waals surface area (Å²) in [5, 5.41) is 0. The number of carbonyl (C=O) groups excluding carboxylic acids is 2. The highest BCUT2D eigenvalue weighted by atomic mass is 79.9. The van der Waals surface area contributed by atoms with Gasteiger partial charge in [0.15, 0.2) is 18.1 Å². The van der Waals surface area contributed by atoms with Gasteiger partial charge in [0.1, 0.15) is 0 Å². The lowest BCUT2D eigenvalue weighted by Gasteiger charge is -2.25. The molecule has 1 aliphatic carbocycles. The lowest BCUT2D eigenvalue weighted by atomic mass is 9.81. The Morgan fingerprint density at radius 1 is 1.05 bits per heavy atom. The van der Waals surface area contributed by atoms with Gasteiger partial charge in [0.25, 0.3) is 0 Å². The molecule has 0 unspecified atom stereocenters. The molecule has 2 atom stereocenters. The maximum atomic E-state index is 11.9. The van der Waals surface area contributed by atoms with Crippen LogP contribution >= 0.6 is 0 Å². The number of halogens is 1. The Kier molecular flexibility index (Phi) is 6.55. The van der Waals surface area contributed by atoms with Crippen molar-refractivity contribution in [1.82, 2.24) is 0 Å². The van der Waals surface area contributed by atoms with Crippen LogP contribution in [0.1, 0.15) is 12.8 Å². The van der Waals surface area contributed by atoms with E-state index >= 15 is 0 Å². The second-order valence-electron chi connectivity index (χ2n) is 4.68. The fourth-order valence-electron chi connectivity index (χ4n) is 2.49. The van der Waals surface area contributed by atoms with E-state index in [4.69, 9.17) is 9.47 Å². The molecular formula is C15H18BrNO4. The molecule has 114 valence electrons. The lowest BCUT2D eigenvalue weighted by molar-refractivity contribution is -0.584. The standard InChI is InChI=1S/C15H18NO4.BrH/c1-19-14(17)12-7-6-11(10-13(12)15(18)20-2)16-8-4-3-5-9-16;/h3-6,8-9,12-13H,7,10H2,1-2H3;1H/q+1;/p-1/t12-,13+;/m0./s1. The number of ether oxygens (including phenoxy) is 2. The average molecular weight is 356 g/mol. The predicted molar refractivity (Wildman–Crippen MR) is 71.2 cm³/mol. The molecule has 0 bridgehead atoms. The first-order chi connectivity index (χ1) is 9.67. The van der Waals surface area contributed by atoms with E-state index < -0.39 is 11.8 Å². The summed E-state index contributed by atoms with van der Waals surface area (Å²) in [6.07, 6.45) is 6.74. The smallest absolute Gasteiger partial charge is 0.310 e. The van der Waals surface area contributed by atoms with Crippen LogP contribution in [0.4, 0.5) is 0 Å². The van der Waals surface area contributed by atoms with Gasteiger partial charge in [-0.1, -0.05) is 6.07 Å². The highest BCUT2D eigenvalue weighted by Gasteiger charge is 2.40. The van der Waals surface area contributed by atoms with Crippen molar-refractivity contribution in [2.75, 3.05) is 14.2 Å². The zero-order valence-corrected chi connectivity index (χ0v) is 13.6. The van der Waals surface area contributed by atoms with E-state index in [1.54, 1.807) is 0 Å². The van der Waals surface area contributed by atoms with Crippen LogP contribution in [0.25, 0.3) is 5.70 Å². The molecular weight excluding hydrogens is 338 g/mol. The molecule has 0 saturated heterocycles. The number of allylic oxidation sites excluding steroid dienone is 2. The summed E-state index contributed by atoms with van der Waals surface area (Å²) < 4.78 is 11.5. The van der Waals surface area contributed by atoms with Crippen molar-refractivity contribution in [2.45, 2.75) is 12.8 Å². The van der Waals surface area contributed by atoms with Crippen LogP contribution < -0.4 is 21.5 Å². The van der Waals surface area contributed by atoms with Crippen LogP contribution in [-0.2, 0) is 19.1 Å². The largest absolute Gasteiger partial charge is 1.00 e. The molecule has 0 aromatic carbocycles. The lowest BCUT2D eigenvalue weighted by Crippen LogP contribution is -3.00. The van der Waals surface area contributed by atoms with Crippen molar-refractivity contribution in [3.63, 3.8) is 0 Å². The van der Waals surface area contributed by atoms with Gasteiger partial charge in [0.2, 0.25) is 0 Å². The number of pyridine rings is 1. The third-order valence-electron chi connectivity index (χ3n) is 3.58. The first kappa shape index (κ1) is 17.4. The van der Waals surface area contributed by atoms with Gasteiger partial charge in [-0.05, 0) is 12.5 Å². The number of nitrogens with zero attached hydrogens (tertiary/aromatic N) is 1. The van der Waals surface area contributed by atoms with Crippen molar-refractivity contribution in [1.29, 1.82) is 0 Å². The molecule has 1 aromatic heterocycles. The minimum Gasteiger partial charge on any atom is -1.00 e. The van der Waals surface area contributed by atoms with Crippen LogP contribution in [0.3, 0.4) is 0 Å². The van der Waals surface area contributed by atoms with E-state index in [2.05, 4.69) is 0 Å². The second kappa shape index (κ2) is 7.93. The van der Waals surface area contributed by atoms with Gasteiger partial charge in [-0.15, -0.1) is 0 Å². The minimum atomic E-state index is -0.500. The zero-order chi connectivity index (χ0) is 14.5. The van der Waals surface area contributed by atoms with Crippen molar-refractivity contribution in [3.05, 3.63) is 36.7 Å². The molecule has 1 aliphatic rings. The van der Waals surface area contributed by atoms with Crippen molar-refractivity contribution in [3.8, 4) is 0 Å². The molecule has 2 rings (SSSR count). The van der Waals surface area contributed by atoms with E-state index in [9.17, 15) is 9.59 Å². The number of rotatable bonds is 3. The van der Waals surface area contributed by atoms with Gasteiger partial charge in [0, 0.05) is 18.6 Å². The van der Waals surface area contributed by atoms with Crippen LogP contribution in [0.5, 0.6) is 0 Å². The molecule has 0 amide bonds. The van der Waals surface area contributed by atoms with Gasteiger partial charge in [-0.25, -0.2) is 0 Å². The van der Waals surface area contributed by atoms with Crippen molar-refractivity contribution >= 4 is 17.6 Å². The Hall–Kier alpha value is -1.69. The Bertz CT molecular complexity index is 530. The fourth-order valence-corrected chi connectivity index (χ4v) is 2.49. The SMILES string of the molecule is COC(=O)[C@H]1CC=C([n+]2ccccc2)C[C@H]1C(=O)OC.[Br-]. The molecule has 21 heavy (non-hydrogen) atoms. The molecule has 0 fully saturated rings. The molecule has 1 heterocycles. The molecule has 0 radical (unpaired) electrons. The summed E-state index contributed by atoms with van der Waals surface area (Å²) in [5.74, 6) is -1.71. The summed E-state index contributed by atoms with van der Waals surface area (Å²) in [4.78, 5) is 23.7. The number of hydrogen-bond acceptors (Lipinski definition) is 4. The van der Waals surface area contributed by atoms with E-state index in [0.717, 1.165) is 5.70 Å². The summed E-state index contributed by atoms with van der Waals surface area (Å²) in [6.45, 7) is 0. The number of carbonyl (C=O) groups is 2. The summed E-state index contributed by atoms with van der Waals surface area (Å²) in [5.41, 5.74) is 0.987. The first-order valence-corrected chi connectivity index (χ1v) is 6.48. The summed E-state index contributed by atoms with van der Waals surface area (Å²) in [6, 6.07) is 5.76. The maximum Gasteiger partial charge on any atom is 0.310 e. The van der Waals surface area contributed by atoms with Crippen LogP contribution in [0.15, 0.2) is 36.7 Å². The molecule has 1 aromatic rings. The van der Waals surface area contributed by atoms with Gasteiger partial charge in [-0.3, -0.25) is 9.59 Å². The van der Waals surface area contributed by atoms with Gasteiger partial charge in [0.05, 0.1) is 26.1 Å². The van der Waals surface area contributed by atoms with E-state index in [1.807, 2.05) is 41.2 Å². The minimum absolute atomic E-state index is 0. The molecule has 0 saturated carbocycles. The molecule has 0 aliphatic heterocycles. The van der Waals surface area contributed by atoms with Crippen molar-refractivity contribution in [2.24, 2.45) is 11.8 Å². The summed E-state index contributed by atoms with van der Waals surface area (Å²) in [7, 11) is 2.67. The van der Waals surface area contributed by atoms with Gasteiger partial charge in [-0.2, -0.15) is 4.57 Å². The Morgan fingerprint density at radius 2 is 1.62 bits per heavy atom. The van der Waals surface area contributed by atoms with E-state index in [0.29, 0.717) is 12.8 Å². The average Bonchev–Trinajstić information content (AvgIpc) is 2.53. The Balaban J connectivity index is 0.00000220. The maximum absolute atomic E-state index is 11.9. The van der Waals surface area contributed by atoms with Gasteiger partial charge >= 0.3 is 11.9 Å². The highest BCUT2D eigenvalue weighted by Crippen LogP contribution is 2.31.